The number of aryl methyl sites for hydroxylation is 2. The van der Waals surface area contributed by atoms with Crippen LogP contribution in [0.2, 0.25) is 0 Å². The Balaban J connectivity index is 1.39. The summed E-state index contributed by atoms with van der Waals surface area (Å²) in [5.74, 6) is 0.793. The van der Waals surface area contributed by atoms with Crippen LogP contribution >= 0.6 is 0 Å². The van der Waals surface area contributed by atoms with Crippen LogP contribution in [0.5, 0.6) is 5.75 Å². The Labute approximate surface area is 153 Å². The van der Waals surface area contributed by atoms with Crippen molar-refractivity contribution in [2.45, 2.75) is 39.1 Å². The number of nitrogens with one attached hydrogen (secondary N) is 1. The molecule has 1 aromatic carbocycles. The molecule has 0 saturated carbocycles. The van der Waals surface area contributed by atoms with Gasteiger partial charge in [-0.05, 0) is 37.6 Å². The molecule has 1 fully saturated rings. The number of aromatic nitrogens is 3. The van der Waals surface area contributed by atoms with Crippen molar-refractivity contribution < 1.29 is 9.47 Å². The normalized spacial score (nSPS) is 19.9. The molecule has 3 aromatic rings. The molecule has 1 N–H and O–H groups in total. The van der Waals surface area contributed by atoms with Gasteiger partial charge >= 0.3 is 0 Å². The Morgan fingerprint density at radius 1 is 1.27 bits per heavy atom. The van der Waals surface area contributed by atoms with Gasteiger partial charge in [0.05, 0.1) is 37.2 Å². The summed E-state index contributed by atoms with van der Waals surface area (Å²) in [5, 5.41) is 8.99. The van der Waals surface area contributed by atoms with Crippen molar-refractivity contribution in [2.75, 3.05) is 13.2 Å². The van der Waals surface area contributed by atoms with Crippen molar-refractivity contribution in [2.24, 2.45) is 0 Å². The molecule has 3 heterocycles. The molecule has 0 aliphatic carbocycles. The maximum absolute atomic E-state index is 6.06. The second kappa shape index (κ2) is 7.43. The summed E-state index contributed by atoms with van der Waals surface area (Å²) in [5.41, 5.74) is 3.30. The molecule has 2 atom stereocenters. The highest BCUT2D eigenvalue weighted by molar-refractivity contribution is 5.79. The lowest BCUT2D eigenvalue weighted by Crippen LogP contribution is -2.41. The lowest BCUT2D eigenvalue weighted by Gasteiger charge is -2.20. The minimum Gasteiger partial charge on any atom is -0.483 e. The summed E-state index contributed by atoms with van der Waals surface area (Å²) in [6.07, 6.45) is 3.68. The van der Waals surface area contributed by atoms with Gasteiger partial charge in [0.2, 0.25) is 0 Å². The molecular weight excluding hydrogens is 328 g/mol. The second-order valence-electron chi connectivity index (χ2n) is 6.69. The van der Waals surface area contributed by atoms with Gasteiger partial charge in [0, 0.05) is 24.2 Å². The third kappa shape index (κ3) is 3.71. The molecule has 26 heavy (non-hydrogen) atoms. The minimum atomic E-state index is -0.00530. The number of pyridine rings is 1. The number of nitrogens with zero attached hydrogens (tertiary/aromatic N) is 3. The number of ether oxygens (including phenoxy) is 2. The highest BCUT2D eigenvalue weighted by Crippen LogP contribution is 2.18. The van der Waals surface area contributed by atoms with Crippen molar-refractivity contribution in [3.05, 3.63) is 54.0 Å². The summed E-state index contributed by atoms with van der Waals surface area (Å²) in [6, 6.07) is 10.7. The third-order valence-electron chi connectivity index (χ3n) is 4.71. The number of fused-ring (bicyclic) bond motifs is 1. The van der Waals surface area contributed by atoms with E-state index in [0.717, 1.165) is 35.4 Å². The molecule has 2 aromatic heterocycles. The van der Waals surface area contributed by atoms with Gasteiger partial charge in [-0.1, -0.05) is 12.1 Å². The smallest absolute Gasteiger partial charge is 0.157 e. The molecule has 1 aliphatic rings. The average Bonchev–Trinajstić information content (AvgIpc) is 3.29. The molecular formula is C20H24N4O2. The summed E-state index contributed by atoms with van der Waals surface area (Å²) < 4.78 is 13.5. The topological polar surface area (TPSA) is 61.2 Å². The SMILES string of the molecule is CCn1cc(O[C@@H]2COC[C@@H]2NCc2ccc3nc(C)ccc3c2)cn1. The monoisotopic (exact) mass is 352 g/mol. The second-order valence-corrected chi connectivity index (χ2v) is 6.69. The molecule has 0 bridgehead atoms. The van der Waals surface area contributed by atoms with Crippen LogP contribution < -0.4 is 10.1 Å². The first-order chi connectivity index (χ1) is 12.7. The summed E-state index contributed by atoms with van der Waals surface area (Å²) in [6.45, 7) is 6.92. The van der Waals surface area contributed by atoms with E-state index in [1.54, 1.807) is 6.20 Å². The van der Waals surface area contributed by atoms with Gasteiger partial charge < -0.3 is 14.8 Å². The standard InChI is InChI=1S/C20H24N4O2/c1-3-24-11-17(10-22-24)26-20-13-25-12-19(20)21-9-15-5-7-18-16(8-15)6-4-14(2)23-18/h4-8,10-11,19-21H,3,9,12-13H2,1-2H3/t19-,20+/m0/s1. The molecule has 4 rings (SSSR count). The zero-order valence-electron chi connectivity index (χ0n) is 15.2. The van der Waals surface area contributed by atoms with E-state index >= 15 is 0 Å². The fourth-order valence-corrected chi connectivity index (χ4v) is 3.23. The van der Waals surface area contributed by atoms with Gasteiger partial charge in [-0.15, -0.1) is 0 Å². The zero-order chi connectivity index (χ0) is 17.9. The van der Waals surface area contributed by atoms with Crippen molar-refractivity contribution in [3.8, 4) is 5.75 Å². The lowest BCUT2D eigenvalue weighted by atomic mass is 10.1. The maximum atomic E-state index is 6.06. The first-order valence-corrected chi connectivity index (χ1v) is 9.08. The van der Waals surface area contributed by atoms with Gasteiger partial charge in [-0.3, -0.25) is 9.67 Å². The number of hydrogen-bond acceptors (Lipinski definition) is 5. The Morgan fingerprint density at radius 2 is 2.19 bits per heavy atom. The highest BCUT2D eigenvalue weighted by atomic mass is 16.5. The van der Waals surface area contributed by atoms with Gasteiger partial charge in [-0.25, -0.2) is 0 Å². The molecule has 0 unspecified atom stereocenters. The van der Waals surface area contributed by atoms with Crippen molar-refractivity contribution in [1.82, 2.24) is 20.1 Å². The fraction of sp³-hybridized carbons (Fsp3) is 0.400. The van der Waals surface area contributed by atoms with Crippen molar-refractivity contribution >= 4 is 10.9 Å². The van der Waals surface area contributed by atoms with E-state index in [1.807, 2.05) is 23.9 Å². The Hall–Kier alpha value is -2.44. The number of benzene rings is 1. The summed E-state index contributed by atoms with van der Waals surface area (Å²) in [4.78, 5) is 4.55. The van der Waals surface area contributed by atoms with E-state index in [9.17, 15) is 0 Å². The quantitative estimate of drug-likeness (QED) is 0.739. The van der Waals surface area contributed by atoms with Gasteiger partial charge in [0.1, 0.15) is 6.10 Å². The Kier molecular flexibility index (Phi) is 4.86. The van der Waals surface area contributed by atoms with E-state index in [0.29, 0.717) is 13.2 Å². The molecule has 0 amide bonds. The minimum absolute atomic E-state index is 0.00530. The van der Waals surface area contributed by atoms with E-state index in [1.165, 1.54) is 5.56 Å². The predicted octanol–water partition coefficient (Wildman–Crippen LogP) is 2.70. The number of rotatable bonds is 6. The van der Waals surface area contributed by atoms with Crippen LogP contribution in [-0.2, 0) is 17.8 Å². The van der Waals surface area contributed by atoms with Gasteiger partial charge in [0.15, 0.2) is 5.75 Å². The molecule has 0 radical (unpaired) electrons. The van der Waals surface area contributed by atoms with Gasteiger partial charge in [0.25, 0.3) is 0 Å². The van der Waals surface area contributed by atoms with Crippen LogP contribution in [0.1, 0.15) is 18.2 Å². The zero-order valence-corrected chi connectivity index (χ0v) is 15.2. The summed E-state index contributed by atoms with van der Waals surface area (Å²) >= 11 is 0. The highest BCUT2D eigenvalue weighted by Gasteiger charge is 2.30. The Morgan fingerprint density at radius 3 is 3.04 bits per heavy atom. The first-order valence-electron chi connectivity index (χ1n) is 9.08. The van der Waals surface area contributed by atoms with E-state index in [2.05, 4.69) is 46.6 Å². The number of hydrogen-bond donors (Lipinski definition) is 1. The molecule has 6 nitrogen and oxygen atoms in total. The van der Waals surface area contributed by atoms with E-state index in [4.69, 9.17) is 9.47 Å². The first kappa shape index (κ1) is 17.0. The van der Waals surface area contributed by atoms with E-state index < -0.39 is 0 Å². The van der Waals surface area contributed by atoms with Gasteiger partial charge in [-0.2, -0.15) is 5.10 Å². The van der Waals surface area contributed by atoms with E-state index in [-0.39, 0.29) is 12.1 Å². The van der Waals surface area contributed by atoms with Crippen LogP contribution in [0.3, 0.4) is 0 Å². The van der Waals surface area contributed by atoms with Crippen LogP contribution in [-0.4, -0.2) is 40.1 Å². The van der Waals surface area contributed by atoms with Crippen molar-refractivity contribution in [3.63, 3.8) is 0 Å². The van der Waals surface area contributed by atoms with Crippen LogP contribution in [0.25, 0.3) is 10.9 Å². The van der Waals surface area contributed by atoms with Crippen molar-refractivity contribution in [1.29, 1.82) is 0 Å². The molecule has 6 heteroatoms. The predicted molar refractivity (Wildman–Crippen MR) is 100 cm³/mol. The van der Waals surface area contributed by atoms with Crippen LogP contribution in [0.4, 0.5) is 0 Å². The molecule has 0 spiro atoms. The fourth-order valence-electron chi connectivity index (χ4n) is 3.23. The average molecular weight is 352 g/mol. The molecule has 1 aliphatic heterocycles. The third-order valence-corrected chi connectivity index (χ3v) is 4.71. The maximum Gasteiger partial charge on any atom is 0.157 e. The largest absolute Gasteiger partial charge is 0.483 e. The van der Waals surface area contributed by atoms with Crippen LogP contribution in [0.15, 0.2) is 42.7 Å². The van der Waals surface area contributed by atoms with Crippen LogP contribution in [0, 0.1) is 6.92 Å². The lowest BCUT2D eigenvalue weighted by molar-refractivity contribution is 0.139. The molecule has 136 valence electrons. The Bertz CT molecular complexity index is 892. The molecule has 1 saturated heterocycles. The summed E-state index contributed by atoms with van der Waals surface area (Å²) in [7, 11) is 0.